The van der Waals surface area contributed by atoms with Crippen molar-refractivity contribution in [3.63, 3.8) is 0 Å². The van der Waals surface area contributed by atoms with Crippen LogP contribution in [0.25, 0.3) is 0 Å². The van der Waals surface area contributed by atoms with Crippen molar-refractivity contribution in [2.45, 2.75) is 49.8 Å². The predicted octanol–water partition coefficient (Wildman–Crippen LogP) is 1.97. The third kappa shape index (κ3) is 3.94. The molecule has 2 atom stereocenters. The molecule has 1 aromatic heterocycles. The molecule has 0 bridgehead atoms. The Morgan fingerprint density at radius 2 is 2.16 bits per heavy atom. The summed E-state index contributed by atoms with van der Waals surface area (Å²) < 4.78 is 11.1. The first kappa shape index (κ1) is 14.3. The lowest BCUT2D eigenvalue weighted by Gasteiger charge is -2.14. The van der Waals surface area contributed by atoms with E-state index in [0.29, 0.717) is 22.4 Å². The molecule has 1 fully saturated rings. The van der Waals surface area contributed by atoms with Crippen LogP contribution < -0.4 is 10.1 Å². The van der Waals surface area contributed by atoms with E-state index in [-0.39, 0.29) is 12.2 Å². The number of nitrogens with zero attached hydrogens (tertiary/aromatic N) is 3. The maximum absolute atomic E-state index is 5.55. The standard InChI is InChI=1S/C12H20N4O2S/c1-7(2)18-11-14-10(13-4)15-12(16-11)19-9-5-6-17-8(9)3/h7-9H,5-6H2,1-4H3,(H,13,14,15,16). The van der Waals surface area contributed by atoms with Gasteiger partial charge >= 0.3 is 6.01 Å². The summed E-state index contributed by atoms with van der Waals surface area (Å²) in [5, 5.41) is 4.00. The molecule has 1 aliphatic rings. The number of aromatic nitrogens is 3. The van der Waals surface area contributed by atoms with E-state index < -0.39 is 0 Å². The van der Waals surface area contributed by atoms with Crippen LogP contribution in [0.2, 0.25) is 0 Å². The van der Waals surface area contributed by atoms with Gasteiger partial charge in [-0.25, -0.2) is 0 Å². The van der Waals surface area contributed by atoms with E-state index >= 15 is 0 Å². The molecule has 0 amide bonds. The molecule has 0 radical (unpaired) electrons. The summed E-state index contributed by atoms with van der Waals surface area (Å²) in [6.45, 7) is 6.78. The van der Waals surface area contributed by atoms with E-state index in [1.165, 1.54) is 0 Å². The van der Waals surface area contributed by atoms with Gasteiger partial charge in [0.2, 0.25) is 5.95 Å². The minimum atomic E-state index is 0.0405. The van der Waals surface area contributed by atoms with Crippen molar-refractivity contribution in [2.24, 2.45) is 0 Å². The Hall–Kier alpha value is -1.08. The summed E-state index contributed by atoms with van der Waals surface area (Å²) >= 11 is 1.62. The highest BCUT2D eigenvalue weighted by Gasteiger charge is 2.26. The summed E-state index contributed by atoms with van der Waals surface area (Å²) in [7, 11) is 1.78. The van der Waals surface area contributed by atoms with Crippen molar-refractivity contribution in [2.75, 3.05) is 19.0 Å². The molecule has 19 heavy (non-hydrogen) atoms. The van der Waals surface area contributed by atoms with Crippen molar-refractivity contribution < 1.29 is 9.47 Å². The van der Waals surface area contributed by atoms with Crippen LogP contribution in [-0.4, -0.2) is 46.1 Å². The first-order chi connectivity index (χ1) is 9.08. The molecule has 6 nitrogen and oxygen atoms in total. The normalized spacial score (nSPS) is 22.8. The lowest BCUT2D eigenvalue weighted by molar-refractivity contribution is 0.127. The van der Waals surface area contributed by atoms with Crippen molar-refractivity contribution >= 4 is 17.7 Å². The molecule has 2 unspecified atom stereocenters. The second kappa shape index (κ2) is 6.38. The fraction of sp³-hybridized carbons (Fsp3) is 0.750. The zero-order valence-corrected chi connectivity index (χ0v) is 12.5. The molecule has 0 spiro atoms. The van der Waals surface area contributed by atoms with E-state index in [1.807, 2.05) is 13.8 Å². The van der Waals surface area contributed by atoms with Crippen LogP contribution >= 0.6 is 11.8 Å². The van der Waals surface area contributed by atoms with Gasteiger partial charge in [0.25, 0.3) is 0 Å². The van der Waals surface area contributed by atoms with E-state index in [1.54, 1.807) is 18.8 Å². The Labute approximate surface area is 117 Å². The maximum atomic E-state index is 5.55. The molecule has 0 saturated carbocycles. The van der Waals surface area contributed by atoms with Gasteiger partial charge in [0.05, 0.1) is 12.2 Å². The second-order valence-electron chi connectivity index (χ2n) is 4.66. The Morgan fingerprint density at radius 3 is 2.74 bits per heavy atom. The van der Waals surface area contributed by atoms with Crippen LogP contribution in [0.1, 0.15) is 27.2 Å². The number of anilines is 1. The van der Waals surface area contributed by atoms with Gasteiger partial charge in [-0.1, -0.05) is 11.8 Å². The fourth-order valence-electron chi connectivity index (χ4n) is 1.77. The smallest absolute Gasteiger partial charge is 0.322 e. The van der Waals surface area contributed by atoms with Crippen LogP contribution in [-0.2, 0) is 4.74 Å². The lowest BCUT2D eigenvalue weighted by Crippen LogP contribution is -2.15. The Morgan fingerprint density at radius 1 is 1.37 bits per heavy atom. The molecule has 2 heterocycles. The molecular formula is C12H20N4O2S. The highest BCUT2D eigenvalue weighted by molar-refractivity contribution is 7.99. The first-order valence-corrected chi connectivity index (χ1v) is 7.35. The summed E-state index contributed by atoms with van der Waals surface area (Å²) in [5.41, 5.74) is 0. The van der Waals surface area contributed by atoms with Crippen LogP contribution in [0.5, 0.6) is 6.01 Å². The second-order valence-corrected chi connectivity index (χ2v) is 5.87. The summed E-state index contributed by atoms with van der Waals surface area (Å²) in [6, 6.07) is 0.364. The average molecular weight is 284 g/mol. The van der Waals surface area contributed by atoms with Gasteiger partial charge < -0.3 is 14.8 Å². The number of thioether (sulfide) groups is 1. The maximum Gasteiger partial charge on any atom is 0.322 e. The van der Waals surface area contributed by atoms with E-state index in [2.05, 4.69) is 27.2 Å². The molecule has 7 heteroatoms. The monoisotopic (exact) mass is 284 g/mol. The van der Waals surface area contributed by atoms with E-state index in [9.17, 15) is 0 Å². The summed E-state index contributed by atoms with van der Waals surface area (Å²) in [4.78, 5) is 12.9. The van der Waals surface area contributed by atoms with Crippen molar-refractivity contribution in [1.82, 2.24) is 15.0 Å². The molecule has 1 saturated heterocycles. The van der Waals surface area contributed by atoms with Crippen molar-refractivity contribution in [3.8, 4) is 6.01 Å². The van der Waals surface area contributed by atoms with Gasteiger partial charge in [-0.2, -0.15) is 15.0 Å². The van der Waals surface area contributed by atoms with Gasteiger partial charge in [-0.3, -0.25) is 0 Å². The summed E-state index contributed by atoms with van der Waals surface area (Å²) in [5.74, 6) is 0.528. The largest absolute Gasteiger partial charge is 0.461 e. The van der Waals surface area contributed by atoms with Gasteiger partial charge in [0.1, 0.15) is 0 Å². The fourth-order valence-corrected chi connectivity index (χ4v) is 2.79. The highest BCUT2D eigenvalue weighted by atomic mass is 32.2. The molecular weight excluding hydrogens is 264 g/mol. The van der Waals surface area contributed by atoms with Crippen LogP contribution in [0, 0.1) is 0 Å². The van der Waals surface area contributed by atoms with Crippen molar-refractivity contribution in [1.29, 1.82) is 0 Å². The number of hydrogen-bond donors (Lipinski definition) is 1. The van der Waals surface area contributed by atoms with Crippen LogP contribution in [0.15, 0.2) is 5.16 Å². The molecule has 106 valence electrons. The topological polar surface area (TPSA) is 69.2 Å². The minimum absolute atomic E-state index is 0.0405. The Balaban J connectivity index is 2.14. The first-order valence-electron chi connectivity index (χ1n) is 6.47. The predicted molar refractivity (Wildman–Crippen MR) is 74.8 cm³/mol. The molecule has 0 aromatic carbocycles. The van der Waals surface area contributed by atoms with Crippen LogP contribution in [0.3, 0.4) is 0 Å². The molecule has 0 aliphatic carbocycles. The zero-order chi connectivity index (χ0) is 13.8. The number of ether oxygens (including phenoxy) is 2. The number of nitrogens with one attached hydrogen (secondary N) is 1. The Kier molecular flexibility index (Phi) is 4.81. The highest BCUT2D eigenvalue weighted by Crippen LogP contribution is 2.31. The number of hydrogen-bond acceptors (Lipinski definition) is 7. The molecule has 1 N–H and O–H groups in total. The van der Waals surface area contributed by atoms with E-state index in [4.69, 9.17) is 9.47 Å². The minimum Gasteiger partial charge on any atom is -0.461 e. The van der Waals surface area contributed by atoms with Gasteiger partial charge in [0.15, 0.2) is 5.16 Å². The van der Waals surface area contributed by atoms with E-state index in [0.717, 1.165) is 13.0 Å². The quantitative estimate of drug-likeness (QED) is 0.886. The summed E-state index contributed by atoms with van der Waals surface area (Å²) in [6.07, 6.45) is 1.29. The van der Waals surface area contributed by atoms with Crippen molar-refractivity contribution in [3.05, 3.63) is 0 Å². The van der Waals surface area contributed by atoms with Gasteiger partial charge in [0, 0.05) is 18.9 Å². The zero-order valence-electron chi connectivity index (χ0n) is 11.7. The molecule has 2 rings (SSSR count). The Bertz CT molecular complexity index is 430. The average Bonchev–Trinajstić information content (AvgIpc) is 2.74. The lowest BCUT2D eigenvalue weighted by atomic mass is 10.3. The van der Waals surface area contributed by atoms with Crippen LogP contribution in [0.4, 0.5) is 5.95 Å². The third-order valence-electron chi connectivity index (χ3n) is 2.72. The SMILES string of the molecule is CNc1nc(OC(C)C)nc(SC2CCOC2C)n1. The third-order valence-corrected chi connectivity index (χ3v) is 4.04. The van der Waals surface area contributed by atoms with Gasteiger partial charge in [-0.15, -0.1) is 0 Å². The van der Waals surface area contributed by atoms with Gasteiger partial charge in [-0.05, 0) is 27.2 Å². The molecule has 1 aromatic rings. The number of rotatable bonds is 5. The molecule has 1 aliphatic heterocycles.